The minimum absolute atomic E-state index is 0.0735. The summed E-state index contributed by atoms with van der Waals surface area (Å²) in [5.74, 6) is -0.346. The Morgan fingerprint density at radius 1 is 1.42 bits per heavy atom. The van der Waals surface area contributed by atoms with Gasteiger partial charge in [-0.05, 0) is 24.3 Å². The fraction of sp³-hybridized carbons (Fsp3) is 0.143. The van der Waals surface area contributed by atoms with Crippen LogP contribution in [0.5, 0.6) is 0 Å². The van der Waals surface area contributed by atoms with Crippen molar-refractivity contribution in [1.82, 2.24) is 15.5 Å². The van der Waals surface area contributed by atoms with Crippen LogP contribution in [0.3, 0.4) is 0 Å². The van der Waals surface area contributed by atoms with Gasteiger partial charge in [0.15, 0.2) is 0 Å². The number of nitrogens with one attached hydrogen (secondary N) is 2. The molecule has 1 heterocycles. The Balaban J connectivity index is 2.13. The molecule has 1 aromatic heterocycles. The van der Waals surface area contributed by atoms with Gasteiger partial charge in [0.1, 0.15) is 5.82 Å². The lowest BCUT2D eigenvalue weighted by molar-refractivity contribution is -0.118. The lowest BCUT2D eigenvalue weighted by Gasteiger charge is -2.00. The van der Waals surface area contributed by atoms with E-state index in [0.29, 0.717) is 6.54 Å². The monoisotopic (exact) mass is 259 g/mol. The third-order valence-electron chi connectivity index (χ3n) is 2.57. The Labute approximate surface area is 110 Å². The summed E-state index contributed by atoms with van der Waals surface area (Å²) in [5.41, 5.74) is 2.56. The molecular weight excluding hydrogens is 245 g/mol. The fourth-order valence-corrected chi connectivity index (χ4v) is 1.66. The topological polar surface area (TPSA) is 57.8 Å². The van der Waals surface area contributed by atoms with Gasteiger partial charge in [-0.1, -0.05) is 12.2 Å². The molecule has 2 aromatic rings. The van der Waals surface area contributed by atoms with E-state index in [9.17, 15) is 9.18 Å². The van der Waals surface area contributed by atoms with Crippen molar-refractivity contribution in [3.63, 3.8) is 0 Å². The molecule has 0 saturated heterocycles. The minimum Gasteiger partial charge on any atom is -0.353 e. The number of aromatic nitrogens is 2. The number of benzene rings is 1. The third kappa shape index (κ3) is 3.51. The molecule has 1 amide bonds. The van der Waals surface area contributed by atoms with Crippen LogP contribution in [-0.4, -0.2) is 22.6 Å². The number of hydrogen-bond donors (Lipinski definition) is 2. The van der Waals surface area contributed by atoms with Gasteiger partial charge in [-0.15, -0.1) is 0 Å². The van der Waals surface area contributed by atoms with Crippen LogP contribution in [0.2, 0.25) is 0 Å². The van der Waals surface area contributed by atoms with Gasteiger partial charge < -0.3 is 5.32 Å². The van der Waals surface area contributed by atoms with Gasteiger partial charge in [-0.3, -0.25) is 9.89 Å². The second-order valence-electron chi connectivity index (χ2n) is 4.05. The molecule has 0 radical (unpaired) electrons. The molecule has 5 heteroatoms. The number of amides is 1. The van der Waals surface area contributed by atoms with Crippen LogP contribution in [0, 0.1) is 5.82 Å². The SMILES string of the molecule is CC(=O)NCC=Cc1cn[nH]c1-c1ccc(F)cc1. The number of carbonyl (C=O) groups is 1. The van der Waals surface area contributed by atoms with Crippen LogP contribution >= 0.6 is 0 Å². The van der Waals surface area contributed by atoms with E-state index in [4.69, 9.17) is 0 Å². The van der Waals surface area contributed by atoms with Gasteiger partial charge in [-0.25, -0.2) is 4.39 Å². The van der Waals surface area contributed by atoms with Crippen LogP contribution in [-0.2, 0) is 4.79 Å². The lowest BCUT2D eigenvalue weighted by atomic mass is 10.1. The quantitative estimate of drug-likeness (QED) is 0.885. The average Bonchev–Trinajstić information content (AvgIpc) is 2.84. The summed E-state index contributed by atoms with van der Waals surface area (Å²) >= 11 is 0. The standard InChI is InChI=1S/C14H14FN3O/c1-10(19)16-8-2-3-12-9-17-18-14(12)11-4-6-13(15)7-5-11/h2-7,9H,8H2,1H3,(H,16,19)(H,17,18). The molecule has 0 unspecified atom stereocenters. The van der Waals surface area contributed by atoms with Gasteiger partial charge in [-0.2, -0.15) is 5.10 Å². The zero-order valence-corrected chi connectivity index (χ0v) is 10.5. The summed E-state index contributed by atoms with van der Waals surface area (Å²) in [6, 6.07) is 6.18. The second kappa shape index (κ2) is 5.95. The molecule has 4 nitrogen and oxygen atoms in total. The van der Waals surface area contributed by atoms with E-state index in [1.807, 2.05) is 12.2 Å². The van der Waals surface area contributed by atoms with Gasteiger partial charge in [0.2, 0.25) is 5.91 Å². The first-order valence-corrected chi connectivity index (χ1v) is 5.87. The second-order valence-corrected chi connectivity index (χ2v) is 4.05. The number of nitrogens with zero attached hydrogens (tertiary/aromatic N) is 1. The van der Waals surface area contributed by atoms with Crippen LogP contribution in [0.25, 0.3) is 17.3 Å². The highest BCUT2D eigenvalue weighted by Gasteiger charge is 2.04. The maximum atomic E-state index is 12.9. The molecule has 1 aromatic carbocycles. The van der Waals surface area contributed by atoms with E-state index in [2.05, 4.69) is 15.5 Å². The summed E-state index contributed by atoms with van der Waals surface area (Å²) in [4.78, 5) is 10.7. The van der Waals surface area contributed by atoms with Crippen molar-refractivity contribution in [2.24, 2.45) is 0 Å². The van der Waals surface area contributed by atoms with Crippen molar-refractivity contribution in [3.05, 3.63) is 47.9 Å². The van der Waals surface area contributed by atoms with Crippen molar-refractivity contribution in [2.45, 2.75) is 6.92 Å². The van der Waals surface area contributed by atoms with E-state index < -0.39 is 0 Å². The molecule has 0 atom stereocenters. The molecule has 0 fully saturated rings. The first-order chi connectivity index (χ1) is 9.16. The van der Waals surface area contributed by atoms with Crippen LogP contribution < -0.4 is 5.32 Å². The summed E-state index contributed by atoms with van der Waals surface area (Å²) in [6.45, 7) is 1.93. The molecule has 0 bridgehead atoms. The predicted octanol–water partition coefficient (Wildman–Crippen LogP) is 2.37. The number of carbonyl (C=O) groups excluding carboxylic acids is 1. The van der Waals surface area contributed by atoms with E-state index in [-0.39, 0.29) is 11.7 Å². The maximum Gasteiger partial charge on any atom is 0.217 e. The lowest BCUT2D eigenvalue weighted by Crippen LogP contribution is -2.19. The normalized spacial score (nSPS) is 10.8. The minimum atomic E-state index is -0.272. The average molecular weight is 259 g/mol. The Kier molecular flexibility index (Phi) is 4.07. The maximum absolute atomic E-state index is 12.9. The number of halogens is 1. The molecule has 2 N–H and O–H groups in total. The van der Waals surface area contributed by atoms with Crippen molar-refractivity contribution in [3.8, 4) is 11.3 Å². The summed E-state index contributed by atoms with van der Waals surface area (Å²) < 4.78 is 12.9. The predicted molar refractivity (Wildman–Crippen MR) is 71.7 cm³/mol. The molecule has 0 aliphatic carbocycles. The highest BCUT2D eigenvalue weighted by molar-refractivity contribution is 5.74. The van der Waals surface area contributed by atoms with Crippen LogP contribution in [0.1, 0.15) is 12.5 Å². The Bertz CT molecular complexity index is 587. The highest BCUT2D eigenvalue weighted by atomic mass is 19.1. The molecule has 0 aliphatic heterocycles. The molecule has 0 aliphatic rings. The Hall–Kier alpha value is -2.43. The Morgan fingerprint density at radius 2 is 2.16 bits per heavy atom. The first-order valence-electron chi connectivity index (χ1n) is 5.87. The zero-order chi connectivity index (χ0) is 13.7. The number of rotatable bonds is 4. The highest BCUT2D eigenvalue weighted by Crippen LogP contribution is 2.22. The summed E-state index contributed by atoms with van der Waals surface area (Å²) in [5, 5.41) is 9.53. The largest absolute Gasteiger partial charge is 0.353 e. The van der Waals surface area contributed by atoms with E-state index in [1.54, 1.807) is 18.3 Å². The number of hydrogen-bond acceptors (Lipinski definition) is 2. The van der Waals surface area contributed by atoms with Crippen LogP contribution in [0.15, 0.2) is 36.5 Å². The van der Waals surface area contributed by atoms with Gasteiger partial charge >= 0.3 is 0 Å². The molecule has 0 spiro atoms. The molecule has 19 heavy (non-hydrogen) atoms. The zero-order valence-electron chi connectivity index (χ0n) is 10.5. The number of aromatic amines is 1. The molecule has 0 saturated carbocycles. The third-order valence-corrected chi connectivity index (χ3v) is 2.57. The van der Waals surface area contributed by atoms with Gasteiger partial charge in [0, 0.05) is 24.6 Å². The summed E-state index contributed by atoms with van der Waals surface area (Å²) in [6.07, 6.45) is 5.38. The van der Waals surface area contributed by atoms with Crippen molar-refractivity contribution < 1.29 is 9.18 Å². The van der Waals surface area contributed by atoms with Gasteiger partial charge in [0.25, 0.3) is 0 Å². The summed E-state index contributed by atoms with van der Waals surface area (Å²) in [7, 11) is 0. The first kappa shape index (κ1) is 13.0. The molecule has 98 valence electrons. The van der Waals surface area contributed by atoms with E-state index >= 15 is 0 Å². The van der Waals surface area contributed by atoms with Crippen molar-refractivity contribution >= 4 is 12.0 Å². The smallest absolute Gasteiger partial charge is 0.217 e. The van der Waals surface area contributed by atoms with Gasteiger partial charge in [0.05, 0.1) is 11.9 Å². The van der Waals surface area contributed by atoms with Crippen molar-refractivity contribution in [1.29, 1.82) is 0 Å². The van der Waals surface area contributed by atoms with Crippen molar-refractivity contribution in [2.75, 3.05) is 6.54 Å². The van der Waals surface area contributed by atoms with E-state index in [0.717, 1.165) is 16.8 Å². The van der Waals surface area contributed by atoms with Crippen LogP contribution in [0.4, 0.5) is 4.39 Å². The number of H-pyrrole nitrogens is 1. The molecular formula is C14H14FN3O. The van der Waals surface area contributed by atoms with E-state index in [1.165, 1.54) is 19.1 Å². The Morgan fingerprint density at radius 3 is 2.84 bits per heavy atom. The fourth-order valence-electron chi connectivity index (χ4n) is 1.66. The molecule has 2 rings (SSSR count).